The number of nitrogens with zero attached hydrogens (tertiary/aromatic N) is 1. The lowest BCUT2D eigenvalue weighted by atomic mass is 9.83. The molecule has 4 rings (SSSR count). The van der Waals surface area contributed by atoms with Crippen molar-refractivity contribution in [3.8, 4) is 0 Å². The van der Waals surface area contributed by atoms with E-state index >= 15 is 0 Å². The Balaban J connectivity index is 1.55. The molecule has 2 heterocycles. The maximum absolute atomic E-state index is 12.8. The number of carbonyl (C=O) groups is 2. The van der Waals surface area contributed by atoms with Crippen molar-refractivity contribution in [3.05, 3.63) is 67.6 Å². The Bertz CT molecular complexity index is 900. The smallest absolute Gasteiger partial charge is 0.339 e. The van der Waals surface area contributed by atoms with Crippen molar-refractivity contribution in [1.29, 1.82) is 0 Å². The molecule has 4 nitrogen and oxygen atoms in total. The second kappa shape index (κ2) is 6.55. The van der Waals surface area contributed by atoms with Gasteiger partial charge in [0.2, 0.25) is 0 Å². The van der Waals surface area contributed by atoms with E-state index in [1.54, 1.807) is 23.1 Å². The van der Waals surface area contributed by atoms with E-state index < -0.39 is 5.60 Å². The first-order valence-electron chi connectivity index (χ1n) is 8.18. The molecule has 0 N–H and O–H groups in total. The predicted octanol–water partition coefficient (Wildman–Crippen LogP) is 5.06. The van der Waals surface area contributed by atoms with Crippen LogP contribution in [0.1, 0.15) is 39.1 Å². The fraction of sp³-hybridized carbons (Fsp3) is 0.263. The zero-order valence-electron chi connectivity index (χ0n) is 13.6. The van der Waals surface area contributed by atoms with E-state index in [9.17, 15) is 9.59 Å². The molecule has 134 valence electrons. The van der Waals surface area contributed by atoms with Crippen LogP contribution in [0.2, 0.25) is 10.0 Å². The number of likely N-dealkylation sites (tertiary alicyclic amines) is 1. The number of esters is 1. The standard InChI is InChI=1S/C19H14BrCl2NO3/c20-14-9-11(10-15(21)16(14)22)17(24)23-7-5-19(6-8-23)13-4-2-1-3-12(13)18(25)26-19/h1-4,9-10H,5-8H2. The molecule has 2 aliphatic heterocycles. The zero-order chi connectivity index (χ0) is 18.5. The van der Waals surface area contributed by atoms with Gasteiger partial charge in [-0.15, -0.1) is 0 Å². The van der Waals surface area contributed by atoms with Crippen molar-refractivity contribution >= 4 is 51.0 Å². The molecule has 26 heavy (non-hydrogen) atoms. The molecule has 0 saturated carbocycles. The quantitative estimate of drug-likeness (QED) is 0.447. The number of ether oxygens (including phenoxy) is 1. The summed E-state index contributed by atoms with van der Waals surface area (Å²) in [6.45, 7) is 0.997. The molecule has 1 spiro atoms. The lowest BCUT2D eigenvalue weighted by Crippen LogP contribution is -2.45. The van der Waals surface area contributed by atoms with Crippen molar-refractivity contribution in [2.45, 2.75) is 18.4 Å². The van der Waals surface area contributed by atoms with Crippen LogP contribution < -0.4 is 0 Å². The molecule has 1 saturated heterocycles. The number of rotatable bonds is 1. The van der Waals surface area contributed by atoms with Crippen LogP contribution in [0.5, 0.6) is 0 Å². The normalized spacial score (nSPS) is 18.0. The fourth-order valence-electron chi connectivity index (χ4n) is 3.65. The summed E-state index contributed by atoms with van der Waals surface area (Å²) in [7, 11) is 0. The van der Waals surface area contributed by atoms with Crippen LogP contribution in [0.15, 0.2) is 40.9 Å². The van der Waals surface area contributed by atoms with Gasteiger partial charge in [0.15, 0.2) is 0 Å². The van der Waals surface area contributed by atoms with Gasteiger partial charge < -0.3 is 9.64 Å². The Morgan fingerprint density at radius 1 is 1.15 bits per heavy atom. The maximum Gasteiger partial charge on any atom is 0.339 e. The van der Waals surface area contributed by atoms with E-state index in [0.29, 0.717) is 51.6 Å². The highest BCUT2D eigenvalue weighted by Crippen LogP contribution is 2.44. The molecule has 0 unspecified atom stereocenters. The number of hydrogen-bond acceptors (Lipinski definition) is 3. The second-order valence-electron chi connectivity index (χ2n) is 6.48. The van der Waals surface area contributed by atoms with Gasteiger partial charge in [0.25, 0.3) is 5.91 Å². The van der Waals surface area contributed by atoms with Gasteiger partial charge in [-0.25, -0.2) is 4.79 Å². The molecule has 1 amide bonds. The van der Waals surface area contributed by atoms with Crippen molar-refractivity contribution in [3.63, 3.8) is 0 Å². The summed E-state index contributed by atoms with van der Waals surface area (Å²) >= 11 is 15.4. The Morgan fingerprint density at radius 3 is 2.54 bits per heavy atom. The van der Waals surface area contributed by atoms with E-state index in [0.717, 1.165) is 5.56 Å². The van der Waals surface area contributed by atoms with Gasteiger partial charge in [0.05, 0.1) is 15.6 Å². The Labute approximate surface area is 169 Å². The SMILES string of the molecule is O=C1OC2(CCN(C(=O)c3cc(Cl)c(Cl)c(Br)c3)CC2)c2ccccc21. The molecular formula is C19H14BrCl2NO3. The summed E-state index contributed by atoms with van der Waals surface area (Å²) < 4.78 is 6.31. The summed E-state index contributed by atoms with van der Waals surface area (Å²) in [5, 5.41) is 0.715. The van der Waals surface area contributed by atoms with Crippen LogP contribution in [0, 0.1) is 0 Å². The zero-order valence-corrected chi connectivity index (χ0v) is 16.7. The van der Waals surface area contributed by atoms with Gasteiger partial charge in [-0.2, -0.15) is 0 Å². The maximum atomic E-state index is 12.8. The van der Waals surface area contributed by atoms with Gasteiger partial charge in [-0.05, 0) is 34.1 Å². The molecule has 2 aromatic carbocycles. The van der Waals surface area contributed by atoms with Gasteiger partial charge in [0, 0.05) is 41.5 Å². The number of halogens is 3. The number of carbonyl (C=O) groups excluding carboxylic acids is 2. The third-order valence-corrected chi connectivity index (χ3v) is 6.67. The number of hydrogen-bond donors (Lipinski definition) is 0. The van der Waals surface area contributed by atoms with Crippen molar-refractivity contribution in [2.24, 2.45) is 0 Å². The van der Waals surface area contributed by atoms with Gasteiger partial charge in [-0.3, -0.25) is 4.79 Å². The number of benzene rings is 2. The summed E-state index contributed by atoms with van der Waals surface area (Å²) in [6, 6.07) is 10.7. The predicted molar refractivity (Wildman–Crippen MR) is 103 cm³/mol. The first-order chi connectivity index (χ1) is 12.4. The summed E-state index contributed by atoms with van der Waals surface area (Å²) in [4.78, 5) is 26.7. The lowest BCUT2D eigenvalue weighted by molar-refractivity contribution is -0.0389. The van der Waals surface area contributed by atoms with Gasteiger partial charge in [-0.1, -0.05) is 41.4 Å². The van der Waals surface area contributed by atoms with E-state index in [1.165, 1.54) is 0 Å². The third-order valence-electron chi connectivity index (χ3n) is 5.02. The molecular weight excluding hydrogens is 441 g/mol. The Kier molecular flexibility index (Phi) is 4.49. The van der Waals surface area contributed by atoms with Crippen LogP contribution >= 0.6 is 39.1 Å². The van der Waals surface area contributed by atoms with Crippen molar-refractivity contribution < 1.29 is 14.3 Å². The number of fused-ring (bicyclic) bond motifs is 2. The highest BCUT2D eigenvalue weighted by molar-refractivity contribution is 9.10. The van der Waals surface area contributed by atoms with Crippen molar-refractivity contribution in [2.75, 3.05) is 13.1 Å². The first-order valence-corrected chi connectivity index (χ1v) is 9.73. The van der Waals surface area contributed by atoms with Crippen molar-refractivity contribution in [1.82, 2.24) is 4.90 Å². The molecule has 1 fully saturated rings. The molecule has 2 aliphatic rings. The average molecular weight is 455 g/mol. The fourth-order valence-corrected chi connectivity index (χ4v) is 4.55. The molecule has 7 heteroatoms. The third kappa shape index (κ3) is 2.82. The Hall–Kier alpha value is -1.56. The van der Waals surface area contributed by atoms with Gasteiger partial charge >= 0.3 is 5.97 Å². The van der Waals surface area contributed by atoms with Crippen LogP contribution in [-0.2, 0) is 10.3 Å². The van der Waals surface area contributed by atoms with E-state index in [-0.39, 0.29) is 11.9 Å². The molecule has 0 bridgehead atoms. The minimum absolute atomic E-state index is 0.114. The minimum Gasteiger partial charge on any atom is -0.450 e. The monoisotopic (exact) mass is 453 g/mol. The Morgan fingerprint density at radius 2 is 1.85 bits per heavy atom. The number of piperidine rings is 1. The average Bonchev–Trinajstić information content (AvgIpc) is 2.91. The second-order valence-corrected chi connectivity index (χ2v) is 8.11. The van der Waals surface area contributed by atoms with E-state index in [1.807, 2.05) is 18.2 Å². The lowest BCUT2D eigenvalue weighted by Gasteiger charge is -2.38. The summed E-state index contributed by atoms with van der Waals surface area (Å²) in [5.41, 5.74) is 1.41. The molecule has 0 aromatic heterocycles. The van der Waals surface area contributed by atoms with Crippen LogP contribution in [0.25, 0.3) is 0 Å². The first kappa shape index (κ1) is 17.8. The minimum atomic E-state index is -0.622. The summed E-state index contributed by atoms with van der Waals surface area (Å²) in [5.74, 6) is -0.398. The molecule has 0 atom stereocenters. The van der Waals surface area contributed by atoms with E-state index in [2.05, 4.69) is 15.9 Å². The van der Waals surface area contributed by atoms with Crippen LogP contribution in [0.4, 0.5) is 0 Å². The summed E-state index contributed by atoms with van der Waals surface area (Å²) in [6.07, 6.45) is 1.15. The number of amides is 1. The van der Waals surface area contributed by atoms with Crippen LogP contribution in [-0.4, -0.2) is 29.9 Å². The highest BCUT2D eigenvalue weighted by atomic mass is 79.9. The van der Waals surface area contributed by atoms with Gasteiger partial charge in [0.1, 0.15) is 5.60 Å². The topological polar surface area (TPSA) is 46.6 Å². The van der Waals surface area contributed by atoms with Crippen LogP contribution in [0.3, 0.4) is 0 Å². The molecule has 2 aromatic rings. The van der Waals surface area contributed by atoms with E-state index in [4.69, 9.17) is 27.9 Å². The molecule has 0 aliphatic carbocycles. The largest absolute Gasteiger partial charge is 0.450 e. The highest BCUT2D eigenvalue weighted by Gasteiger charge is 2.47. The molecule has 0 radical (unpaired) electrons.